The molecule has 1 heterocycles. The van der Waals surface area contributed by atoms with Crippen molar-refractivity contribution < 1.29 is 30.0 Å². The van der Waals surface area contributed by atoms with Crippen LogP contribution in [0.25, 0.3) is 0 Å². The van der Waals surface area contributed by atoms with Gasteiger partial charge < -0.3 is 30.5 Å². The monoisotopic (exact) mass is 263 g/mol. The number of hydrogen-bond donors (Lipinski definition) is 5. The van der Waals surface area contributed by atoms with Gasteiger partial charge in [-0.15, -0.1) is 0 Å². The number of aliphatic hydroxyl groups is 4. The van der Waals surface area contributed by atoms with E-state index in [1.54, 1.807) is 0 Å². The molecule has 3 unspecified atom stereocenters. The van der Waals surface area contributed by atoms with Gasteiger partial charge in [-0.1, -0.05) is 0 Å². The molecule has 0 radical (unpaired) electrons. The summed E-state index contributed by atoms with van der Waals surface area (Å²) in [6.45, 7) is 4.55. The van der Waals surface area contributed by atoms with Gasteiger partial charge in [-0.05, 0) is 27.7 Å². The third-order valence-electron chi connectivity index (χ3n) is 4.18. The summed E-state index contributed by atoms with van der Waals surface area (Å²) in [6.07, 6.45) is -1.52. The molecule has 18 heavy (non-hydrogen) atoms. The van der Waals surface area contributed by atoms with Crippen LogP contribution in [0.2, 0.25) is 0 Å². The number of ether oxygens (including phenoxy) is 1. The lowest BCUT2D eigenvalue weighted by atomic mass is 9.65. The average Bonchev–Trinajstić information content (AvgIpc) is 2.22. The van der Waals surface area contributed by atoms with Gasteiger partial charge in [-0.25, -0.2) is 0 Å². The summed E-state index contributed by atoms with van der Waals surface area (Å²) in [5.41, 5.74) is -6.42. The molecule has 0 aromatic rings. The fourth-order valence-electron chi connectivity index (χ4n) is 2.10. The Morgan fingerprint density at radius 3 is 1.89 bits per heavy atom. The predicted molar refractivity (Wildman–Crippen MR) is 61.4 cm³/mol. The fraction of sp³-hybridized carbons (Fsp3) is 0.909. The van der Waals surface area contributed by atoms with E-state index in [0.29, 0.717) is 0 Å². The first-order valence-corrected chi connectivity index (χ1v) is 5.62. The van der Waals surface area contributed by atoms with Crippen LogP contribution in [0.4, 0.5) is 0 Å². The molecule has 1 aliphatic rings. The van der Waals surface area contributed by atoms with Gasteiger partial charge in [0.15, 0.2) is 11.9 Å². The molecule has 5 N–H and O–H groups in total. The van der Waals surface area contributed by atoms with Crippen molar-refractivity contribution in [2.75, 3.05) is 7.05 Å². The van der Waals surface area contributed by atoms with Crippen LogP contribution in [0.3, 0.4) is 0 Å². The van der Waals surface area contributed by atoms with Crippen molar-refractivity contribution in [1.29, 1.82) is 0 Å². The van der Waals surface area contributed by atoms with Crippen LogP contribution in [-0.4, -0.2) is 62.1 Å². The lowest BCUT2D eigenvalue weighted by molar-refractivity contribution is -0.414. The number of amides is 1. The van der Waals surface area contributed by atoms with E-state index >= 15 is 0 Å². The Balaban J connectivity index is 3.37. The van der Waals surface area contributed by atoms with Crippen LogP contribution in [0.15, 0.2) is 0 Å². The first kappa shape index (κ1) is 15.3. The van der Waals surface area contributed by atoms with Gasteiger partial charge in [0.2, 0.25) is 0 Å². The Bertz CT molecular complexity index is 361. The van der Waals surface area contributed by atoms with Crippen molar-refractivity contribution in [2.45, 2.75) is 56.4 Å². The lowest BCUT2D eigenvalue weighted by Crippen LogP contribution is -2.81. The lowest BCUT2D eigenvalue weighted by Gasteiger charge is -2.59. The van der Waals surface area contributed by atoms with E-state index in [-0.39, 0.29) is 0 Å². The second-order valence-corrected chi connectivity index (χ2v) is 5.39. The van der Waals surface area contributed by atoms with Crippen molar-refractivity contribution >= 4 is 5.91 Å². The van der Waals surface area contributed by atoms with Gasteiger partial charge in [0.1, 0.15) is 16.8 Å². The number of hydrogen-bond acceptors (Lipinski definition) is 6. The van der Waals surface area contributed by atoms with E-state index in [9.17, 15) is 25.2 Å². The summed E-state index contributed by atoms with van der Waals surface area (Å²) < 4.78 is 5.08. The number of carbonyl (C=O) groups is 1. The Kier molecular flexibility index (Phi) is 3.30. The molecule has 106 valence electrons. The predicted octanol–water partition coefficient (Wildman–Crippen LogP) is -1.91. The van der Waals surface area contributed by atoms with Crippen molar-refractivity contribution in [3.05, 3.63) is 0 Å². The van der Waals surface area contributed by atoms with Crippen molar-refractivity contribution in [3.63, 3.8) is 0 Å². The maximum atomic E-state index is 11.7. The summed E-state index contributed by atoms with van der Waals surface area (Å²) in [4.78, 5) is 11.7. The second-order valence-electron chi connectivity index (χ2n) is 5.39. The molecule has 1 saturated heterocycles. The molecule has 1 fully saturated rings. The van der Waals surface area contributed by atoms with Gasteiger partial charge in [0.05, 0.1) is 0 Å². The highest BCUT2D eigenvalue weighted by Crippen LogP contribution is 2.47. The minimum Gasteiger partial charge on any atom is -0.384 e. The summed E-state index contributed by atoms with van der Waals surface area (Å²) in [5, 5.41) is 43.2. The molecule has 7 heteroatoms. The van der Waals surface area contributed by atoms with Crippen LogP contribution in [0.1, 0.15) is 27.7 Å². The van der Waals surface area contributed by atoms with Gasteiger partial charge in [0, 0.05) is 7.05 Å². The molecule has 1 rings (SSSR count). The van der Waals surface area contributed by atoms with E-state index in [0.717, 1.165) is 27.7 Å². The number of likely N-dealkylation sites (N-methyl/N-ethyl adjacent to an activating group) is 1. The molecule has 5 atom stereocenters. The van der Waals surface area contributed by atoms with Crippen LogP contribution < -0.4 is 5.32 Å². The van der Waals surface area contributed by atoms with Crippen molar-refractivity contribution in [2.24, 2.45) is 0 Å². The SMILES string of the molecule is CNC(=O)C1O[C@@](C)(O)C(C)(O)C(C)(O)[C@]1(C)O. The third kappa shape index (κ3) is 1.66. The van der Waals surface area contributed by atoms with Gasteiger partial charge in [-0.2, -0.15) is 0 Å². The zero-order chi connectivity index (χ0) is 14.6. The Morgan fingerprint density at radius 1 is 1.06 bits per heavy atom. The molecule has 0 aromatic carbocycles. The van der Waals surface area contributed by atoms with Gasteiger partial charge in [0.25, 0.3) is 5.91 Å². The van der Waals surface area contributed by atoms with Crippen LogP contribution in [0.5, 0.6) is 0 Å². The van der Waals surface area contributed by atoms with Gasteiger partial charge >= 0.3 is 0 Å². The minimum absolute atomic E-state index is 0.712. The molecule has 0 saturated carbocycles. The first-order valence-electron chi connectivity index (χ1n) is 5.62. The zero-order valence-electron chi connectivity index (χ0n) is 11.2. The van der Waals surface area contributed by atoms with Gasteiger partial charge in [-0.3, -0.25) is 4.79 Å². The maximum Gasteiger partial charge on any atom is 0.252 e. The summed E-state index contributed by atoms with van der Waals surface area (Å²) >= 11 is 0. The topological polar surface area (TPSA) is 119 Å². The minimum atomic E-state index is -2.20. The van der Waals surface area contributed by atoms with E-state index in [1.165, 1.54) is 7.05 Å². The largest absolute Gasteiger partial charge is 0.384 e. The van der Waals surface area contributed by atoms with E-state index in [1.807, 2.05) is 0 Å². The molecule has 7 nitrogen and oxygen atoms in total. The number of rotatable bonds is 1. The highest BCUT2D eigenvalue weighted by molar-refractivity contribution is 5.82. The molecular formula is C11H21NO6. The molecule has 0 aliphatic carbocycles. The Labute approximate surface area is 105 Å². The quantitative estimate of drug-likeness (QED) is 0.377. The Morgan fingerprint density at radius 2 is 1.50 bits per heavy atom. The maximum absolute atomic E-state index is 11.7. The second kappa shape index (κ2) is 3.88. The molecular weight excluding hydrogens is 242 g/mol. The van der Waals surface area contributed by atoms with E-state index in [4.69, 9.17) is 4.74 Å². The zero-order valence-corrected chi connectivity index (χ0v) is 11.2. The molecule has 0 spiro atoms. The van der Waals surface area contributed by atoms with E-state index < -0.39 is 34.6 Å². The highest BCUT2D eigenvalue weighted by atomic mass is 16.7. The molecule has 0 bridgehead atoms. The normalized spacial score (nSPS) is 53.1. The summed E-state index contributed by atoms with van der Waals surface area (Å²) in [7, 11) is 1.33. The van der Waals surface area contributed by atoms with Crippen molar-refractivity contribution in [3.8, 4) is 0 Å². The fourth-order valence-corrected chi connectivity index (χ4v) is 2.10. The standard InChI is InChI=1S/C11H21NO6/c1-8(14)6(7(13)12-5)18-11(4,17)10(3,16)9(8,2)15/h6,14-17H,1-5H3,(H,12,13)/t6?,8-,9?,10?,11-/m1/s1. The number of carbonyl (C=O) groups excluding carboxylic acids is 1. The highest BCUT2D eigenvalue weighted by Gasteiger charge is 2.71. The van der Waals surface area contributed by atoms with Crippen molar-refractivity contribution in [1.82, 2.24) is 5.32 Å². The van der Waals surface area contributed by atoms with Crippen LogP contribution >= 0.6 is 0 Å². The molecule has 1 aliphatic heterocycles. The average molecular weight is 263 g/mol. The molecule has 1 amide bonds. The smallest absolute Gasteiger partial charge is 0.252 e. The van der Waals surface area contributed by atoms with Crippen LogP contribution in [-0.2, 0) is 9.53 Å². The first-order chi connectivity index (χ1) is 7.83. The summed E-state index contributed by atoms with van der Waals surface area (Å²) in [6, 6.07) is 0. The third-order valence-corrected chi connectivity index (χ3v) is 4.18. The Hall–Kier alpha value is -0.730. The molecule has 0 aromatic heterocycles. The summed E-state index contributed by atoms with van der Waals surface area (Å²) in [5.74, 6) is -2.91. The van der Waals surface area contributed by atoms with Crippen LogP contribution in [0, 0.1) is 0 Å². The van der Waals surface area contributed by atoms with E-state index in [2.05, 4.69) is 5.32 Å². The number of nitrogens with one attached hydrogen (secondary N) is 1.